The summed E-state index contributed by atoms with van der Waals surface area (Å²) in [5, 5.41) is 0. The first-order valence-corrected chi connectivity index (χ1v) is 12.1. The lowest BCUT2D eigenvalue weighted by atomic mass is 9.59. The first kappa shape index (κ1) is 20.0. The summed E-state index contributed by atoms with van der Waals surface area (Å²) in [7, 11) is -0.356. The Labute approximate surface area is 187 Å². The molecule has 1 aromatic carbocycles. The Hall–Kier alpha value is -1.65. The number of rotatable bonds is 2. The van der Waals surface area contributed by atoms with Crippen LogP contribution in [0.5, 0.6) is 0 Å². The zero-order valence-electron chi connectivity index (χ0n) is 19.6. The van der Waals surface area contributed by atoms with Crippen molar-refractivity contribution >= 4 is 12.6 Å². The van der Waals surface area contributed by atoms with Gasteiger partial charge in [0.25, 0.3) is 0 Å². The van der Waals surface area contributed by atoms with Gasteiger partial charge in [-0.25, -0.2) is 0 Å². The number of hydrogen-bond acceptors (Lipinski definition) is 3. The van der Waals surface area contributed by atoms with E-state index in [0.29, 0.717) is 5.41 Å². The average Bonchev–Trinajstić information content (AvgIpc) is 2.81. The number of aromatic nitrogens is 1. The standard InChI is InChI=1S/C27H34BNO2/c1-25(2)26(3,4)31-28(30-25)21-7-9-24(29-16-21)18-6-8-22-19-10-17-11-20(23(22)12-18)15-27(5,13-17)14-19/h6-9,12,16-17,19-20H,10-11,13-15H2,1-5H3. The van der Waals surface area contributed by atoms with Gasteiger partial charge in [0.05, 0.1) is 16.9 Å². The molecule has 4 aliphatic carbocycles. The molecule has 162 valence electrons. The van der Waals surface area contributed by atoms with Gasteiger partial charge in [-0.2, -0.15) is 0 Å². The van der Waals surface area contributed by atoms with Gasteiger partial charge in [0, 0.05) is 17.2 Å². The Kier molecular flexibility index (Phi) is 4.16. The second kappa shape index (κ2) is 6.45. The van der Waals surface area contributed by atoms with E-state index in [2.05, 4.69) is 65.0 Å². The van der Waals surface area contributed by atoms with E-state index in [1.807, 2.05) is 6.20 Å². The van der Waals surface area contributed by atoms with Gasteiger partial charge >= 0.3 is 7.12 Å². The third kappa shape index (κ3) is 3.13. The van der Waals surface area contributed by atoms with E-state index in [1.54, 1.807) is 11.1 Å². The van der Waals surface area contributed by atoms with Gasteiger partial charge in [0.1, 0.15) is 0 Å². The highest BCUT2D eigenvalue weighted by Crippen LogP contribution is 2.61. The second-order valence-electron chi connectivity index (χ2n) is 12.1. The van der Waals surface area contributed by atoms with Crippen molar-refractivity contribution in [3.05, 3.63) is 47.7 Å². The molecule has 7 rings (SSSR count). The molecule has 1 aliphatic heterocycles. The van der Waals surface area contributed by atoms with Crippen LogP contribution < -0.4 is 5.46 Å². The van der Waals surface area contributed by atoms with Crippen LogP contribution in [0.3, 0.4) is 0 Å². The highest BCUT2D eigenvalue weighted by molar-refractivity contribution is 6.62. The third-order valence-electron chi connectivity index (χ3n) is 9.07. The third-order valence-corrected chi connectivity index (χ3v) is 9.07. The molecule has 1 saturated heterocycles. The maximum atomic E-state index is 6.19. The molecule has 4 unspecified atom stereocenters. The van der Waals surface area contributed by atoms with Crippen molar-refractivity contribution < 1.29 is 9.31 Å². The van der Waals surface area contributed by atoms with Gasteiger partial charge in [-0.15, -0.1) is 0 Å². The van der Waals surface area contributed by atoms with E-state index in [1.165, 1.54) is 37.7 Å². The smallest absolute Gasteiger partial charge is 0.399 e. The fourth-order valence-corrected chi connectivity index (χ4v) is 7.00. The van der Waals surface area contributed by atoms with Crippen molar-refractivity contribution in [3.63, 3.8) is 0 Å². The normalized spacial score (nSPS) is 34.6. The van der Waals surface area contributed by atoms with Crippen LogP contribution in [0, 0.1) is 11.3 Å². The van der Waals surface area contributed by atoms with E-state index in [-0.39, 0.29) is 18.3 Å². The molecule has 3 nitrogen and oxygen atoms in total. The quantitative estimate of drug-likeness (QED) is 0.579. The number of benzene rings is 1. The average molecular weight is 415 g/mol. The van der Waals surface area contributed by atoms with Crippen molar-refractivity contribution in [3.8, 4) is 11.3 Å². The zero-order chi connectivity index (χ0) is 21.6. The minimum absolute atomic E-state index is 0.331. The molecule has 1 aromatic heterocycles. The van der Waals surface area contributed by atoms with Crippen LogP contribution in [-0.2, 0) is 9.31 Å². The molecular formula is C27H34BNO2. The summed E-state index contributed by atoms with van der Waals surface area (Å²) in [6.45, 7) is 10.9. The highest BCUT2D eigenvalue weighted by Gasteiger charge is 2.52. The highest BCUT2D eigenvalue weighted by atomic mass is 16.7. The molecular weight excluding hydrogens is 381 g/mol. The molecule has 4 atom stereocenters. The summed E-state index contributed by atoms with van der Waals surface area (Å²) in [5.41, 5.74) is 6.41. The number of hydrogen-bond donors (Lipinski definition) is 0. The predicted molar refractivity (Wildman–Crippen MR) is 126 cm³/mol. The molecule has 4 heteroatoms. The van der Waals surface area contributed by atoms with Gasteiger partial charge in [0.15, 0.2) is 0 Å². The monoisotopic (exact) mass is 415 g/mol. The minimum atomic E-state index is -0.356. The lowest BCUT2D eigenvalue weighted by molar-refractivity contribution is 0.00578. The lowest BCUT2D eigenvalue weighted by Gasteiger charge is -2.46. The Morgan fingerprint density at radius 3 is 2.13 bits per heavy atom. The molecule has 2 saturated carbocycles. The van der Waals surface area contributed by atoms with Crippen LogP contribution in [0.25, 0.3) is 11.3 Å². The minimum Gasteiger partial charge on any atom is -0.399 e. The van der Waals surface area contributed by atoms with E-state index < -0.39 is 0 Å². The van der Waals surface area contributed by atoms with E-state index >= 15 is 0 Å². The molecule has 31 heavy (non-hydrogen) atoms. The Morgan fingerprint density at radius 1 is 0.839 bits per heavy atom. The SMILES string of the molecule is CC12CC3CC(C1)c1ccc(-c4ccc(B5OC(C)(C)C(C)(C)O5)cn4)cc1C(C3)C2. The van der Waals surface area contributed by atoms with E-state index in [4.69, 9.17) is 14.3 Å². The van der Waals surface area contributed by atoms with Crippen LogP contribution in [-0.4, -0.2) is 23.3 Å². The Morgan fingerprint density at radius 2 is 1.52 bits per heavy atom. The van der Waals surface area contributed by atoms with E-state index in [9.17, 15) is 0 Å². The maximum Gasteiger partial charge on any atom is 0.496 e. The topological polar surface area (TPSA) is 31.4 Å². The van der Waals surface area contributed by atoms with Crippen molar-refractivity contribution in [1.29, 1.82) is 0 Å². The van der Waals surface area contributed by atoms with Gasteiger partial charge in [0.2, 0.25) is 0 Å². The van der Waals surface area contributed by atoms with Gasteiger partial charge in [-0.05, 0) is 106 Å². The van der Waals surface area contributed by atoms with Gasteiger partial charge in [-0.3, -0.25) is 4.98 Å². The van der Waals surface area contributed by atoms with Crippen molar-refractivity contribution in [2.24, 2.45) is 11.3 Å². The Bertz CT molecular complexity index is 1010. The van der Waals surface area contributed by atoms with E-state index in [0.717, 1.165) is 28.9 Å². The number of nitrogens with zero attached hydrogens (tertiary/aromatic N) is 1. The van der Waals surface area contributed by atoms with Crippen LogP contribution >= 0.6 is 0 Å². The first-order valence-electron chi connectivity index (χ1n) is 12.1. The summed E-state index contributed by atoms with van der Waals surface area (Å²) < 4.78 is 12.4. The predicted octanol–water partition coefficient (Wildman–Crippen LogP) is 5.83. The number of pyridine rings is 1. The maximum absolute atomic E-state index is 6.19. The summed E-state index contributed by atoms with van der Waals surface area (Å²) in [6, 6.07) is 11.4. The largest absolute Gasteiger partial charge is 0.496 e. The first-order chi connectivity index (χ1) is 14.6. The van der Waals surface area contributed by atoms with Crippen LogP contribution in [0.1, 0.15) is 89.7 Å². The molecule has 5 aliphatic rings. The lowest BCUT2D eigenvalue weighted by Crippen LogP contribution is -2.41. The van der Waals surface area contributed by atoms with Crippen molar-refractivity contribution in [1.82, 2.24) is 4.98 Å². The Balaban J connectivity index is 1.30. The summed E-state index contributed by atoms with van der Waals surface area (Å²) in [5.74, 6) is 2.42. The summed E-state index contributed by atoms with van der Waals surface area (Å²) >= 11 is 0. The second-order valence-corrected chi connectivity index (χ2v) is 12.1. The molecule has 0 amide bonds. The molecule has 2 heterocycles. The van der Waals surface area contributed by atoms with Gasteiger partial charge < -0.3 is 9.31 Å². The fourth-order valence-electron chi connectivity index (χ4n) is 7.00. The molecule has 0 radical (unpaired) electrons. The zero-order valence-corrected chi connectivity index (χ0v) is 19.6. The molecule has 0 N–H and O–H groups in total. The van der Waals surface area contributed by atoms with Gasteiger partial charge in [-0.1, -0.05) is 25.1 Å². The molecule has 4 bridgehead atoms. The molecule has 3 fully saturated rings. The van der Waals surface area contributed by atoms with Crippen molar-refractivity contribution in [2.45, 2.75) is 89.8 Å². The summed E-state index contributed by atoms with van der Waals surface area (Å²) in [6.07, 6.45) is 8.91. The molecule has 0 spiro atoms. The van der Waals surface area contributed by atoms with Crippen LogP contribution in [0.4, 0.5) is 0 Å². The fraction of sp³-hybridized carbons (Fsp3) is 0.593. The van der Waals surface area contributed by atoms with Crippen LogP contribution in [0.15, 0.2) is 36.5 Å². The van der Waals surface area contributed by atoms with Crippen molar-refractivity contribution in [2.75, 3.05) is 0 Å². The van der Waals surface area contributed by atoms with Crippen LogP contribution in [0.2, 0.25) is 0 Å². The summed E-state index contributed by atoms with van der Waals surface area (Å²) in [4.78, 5) is 4.82. The molecule has 2 aromatic rings.